The molecule has 0 heterocycles. The minimum atomic E-state index is -1.33. The first-order chi connectivity index (χ1) is 13.0. The van der Waals surface area contributed by atoms with Crippen LogP contribution in [0.15, 0.2) is 63.7 Å². The minimum absolute atomic E-state index is 0.227. The highest BCUT2D eigenvalue weighted by molar-refractivity contribution is 6.02. The standard InChI is InChI=1S/C24H33NO3/c1-17(12-13-21-19(3)11-8-14-24(21,5)6)9-7-10-18(2)15-23(28)25-16-22(27)20(4)26/h7,9-10,12-13,15-16,22,27H,8,11,14H2,1-6H3/b10-7+,13-12+,17-9+,18-15+,25-16?. The molecule has 1 unspecified atom stereocenters. The number of ketones is 1. The molecule has 0 aromatic rings. The predicted octanol–water partition coefficient (Wildman–Crippen LogP) is 5.07. The van der Waals surface area contributed by atoms with Crippen LogP contribution in [0.3, 0.4) is 0 Å². The molecule has 1 aliphatic carbocycles. The van der Waals surface area contributed by atoms with E-state index in [-0.39, 0.29) is 5.41 Å². The highest BCUT2D eigenvalue weighted by Crippen LogP contribution is 2.40. The second-order valence-electron chi connectivity index (χ2n) is 8.09. The fourth-order valence-electron chi connectivity index (χ4n) is 3.16. The lowest BCUT2D eigenvalue weighted by Gasteiger charge is -2.32. The van der Waals surface area contributed by atoms with Gasteiger partial charge in [0.2, 0.25) is 0 Å². The zero-order valence-electron chi connectivity index (χ0n) is 18.0. The van der Waals surface area contributed by atoms with Crippen LogP contribution in [-0.2, 0) is 9.59 Å². The summed E-state index contributed by atoms with van der Waals surface area (Å²) in [5, 5.41) is 9.30. The molecule has 1 atom stereocenters. The summed E-state index contributed by atoms with van der Waals surface area (Å²) in [6, 6.07) is 0. The average molecular weight is 384 g/mol. The van der Waals surface area contributed by atoms with Crippen molar-refractivity contribution in [1.29, 1.82) is 0 Å². The second-order valence-corrected chi connectivity index (χ2v) is 8.09. The first kappa shape index (κ1) is 23.7. The third kappa shape index (κ3) is 8.13. The van der Waals surface area contributed by atoms with Crippen LogP contribution in [0.2, 0.25) is 0 Å². The van der Waals surface area contributed by atoms with Gasteiger partial charge in [0.1, 0.15) is 6.10 Å². The largest absolute Gasteiger partial charge is 0.380 e. The quantitative estimate of drug-likeness (QED) is 0.379. The molecular formula is C24H33NO3. The van der Waals surface area contributed by atoms with Gasteiger partial charge in [-0.2, -0.15) is 0 Å². The zero-order chi connectivity index (χ0) is 21.3. The Balaban J connectivity index is 2.72. The molecular weight excluding hydrogens is 350 g/mol. The van der Waals surface area contributed by atoms with Gasteiger partial charge in [0, 0.05) is 12.3 Å². The minimum Gasteiger partial charge on any atom is -0.380 e. The monoisotopic (exact) mass is 383 g/mol. The molecule has 0 bridgehead atoms. The van der Waals surface area contributed by atoms with E-state index in [1.165, 1.54) is 43.4 Å². The van der Waals surface area contributed by atoms with Crippen molar-refractivity contribution in [3.8, 4) is 0 Å². The molecule has 0 aliphatic heterocycles. The van der Waals surface area contributed by atoms with E-state index in [0.717, 1.165) is 17.4 Å². The summed E-state index contributed by atoms with van der Waals surface area (Å²) in [7, 11) is 0. The number of hydrogen-bond acceptors (Lipinski definition) is 3. The summed E-state index contributed by atoms with van der Waals surface area (Å²) < 4.78 is 0. The Morgan fingerprint density at radius 3 is 2.43 bits per heavy atom. The van der Waals surface area contributed by atoms with Gasteiger partial charge >= 0.3 is 0 Å². The maximum atomic E-state index is 11.7. The molecule has 4 nitrogen and oxygen atoms in total. The van der Waals surface area contributed by atoms with Gasteiger partial charge in [-0.05, 0) is 63.5 Å². The molecule has 0 aromatic carbocycles. The molecule has 1 amide bonds. The summed E-state index contributed by atoms with van der Waals surface area (Å²) in [4.78, 5) is 26.1. The topological polar surface area (TPSA) is 66.7 Å². The van der Waals surface area contributed by atoms with Gasteiger partial charge in [0.25, 0.3) is 5.91 Å². The maximum absolute atomic E-state index is 11.7. The number of rotatable bonds is 7. The van der Waals surface area contributed by atoms with E-state index in [9.17, 15) is 14.7 Å². The van der Waals surface area contributed by atoms with E-state index in [1.807, 2.05) is 25.2 Å². The lowest BCUT2D eigenvalue weighted by molar-refractivity contribution is -0.121. The van der Waals surface area contributed by atoms with Crippen LogP contribution in [0, 0.1) is 5.41 Å². The molecule has 0 aromatic heterocycles. The Morgan fingerprint density at radius 1 is 1.14 bits per heavy atom. The number of amides is 1. The lowest BCUT2D eigenvalue weighted by Crippen LogP contribution is -2.19. The Hall–Kier alpha value is -2.33. The van der Waals surface area contributed by atoms with Gasteiger partial charge in [0.15, 0.2) is 5.78 Å². The van der Waals surface area contributed by atoms with Crippen LogP contribution in [-0.4, -0.2) is 29.1 Å². The van der Waals surface area contributed by atoms with Crippen molar-refractivity contribution in [2.45, 2.75) is 66.9 Å². The van der Waals surface area contributed by atoms with Gasteiger partial charge in [-0.1, -0.05) is 55.4 Å². The van der Waals surface area contributed by atoms with E-state index >= 15 is 0 Å². The molecule has 1 rings (SSSR count). The van der Waals surface area contributed by atoms with Crippen molar-refractivity contribution in [2.75, 3.05) is 0 Å². The summed E-state index contributed by atoms with van der Waals surface area (Å²) in [6.07, 6.45) is 14.7. The first-order valence-electron chi connectivity index (χ1n) is 9.71. The highest BCUT2D eigenvalue weighted by atomic mass is 16.3. The lowest BCUT2D eigenvalue weighted by atomic mass is 9.72. The smallest absolute Gasteiger partial charge is 0.269 e. The maximum Gasteiger partial charge on any atom is 0.269 e. The summed E-state index contributed by atoms with van der Waals surface area (Å²) >= 11 is 0. The molecule has 28 heavy (non-hydrogen) atoms. The van der Waals surface area contributed by atoms with Crippen molar-refractivity contribution in [3.05, 3.63) is 58.7 Å². The number of carbonyl (C=O) groups excluding carboxylic acids is 2. The third-order valence-corrected chi connectivity index (χ3v) is 4.88. The van der Waals surface area contributed by atoms with E-state index in [0.29, 0.717) is 0 Å². The summed E-state index contributed by atoms with van der Waals surface area (Å²) in [5.41, 5.74) is 5.00. The fraction of sp³-hybridized carbons (Fsp3) is 0.458. The Morgan fingerprint density at radius 2 is 1.82 bits per heavy atom. The molecule has 0 fully saturated rings. The molecule has 4 heteroatoms. The van der Waals surface area contributed by atoms with Crippen LogP contribution in [0.1, 0.15) is 60.8 Å². The number of hydrogen-bond donors (Lipinski definition) is 1. The summed E-state index contributed by atoms with van der Waals surface area (Å²) in [6.45, 7) is 11.9. The van der Waals surface area contributed by atoms with Crippen molar-refractivity contribution >= 4 is 17.9 Å². The van der Waals surface area contributed by atoms with Crippen LogP contribution in [0.5, 0.6) is 0 Å². The Bertz CT molecular complexity index is 774. The van der Waals surface area contributed by atoms with Gasteiger partial charge in [0.05, 0.1) is 0 Å². The number of nitrogens with zero attached hydrogens (tertiary/aromatic N) is 1. The predicted molar refractivity (Wildman–Crippen MR) is 116 cm³/mol. The van der Waals surface area contributed by atoms with Gasteiger partial charge in [-0.15, -0.1) is 0 Å². The number of carbonyl (C=O) groups is 2. The van der Waals surface area contributed by atoms with Crippen molar-refractivity contribution < 1.29 is 14.7 Å². The Labute approximate surface area is 169 Å². The highest BCUT2D eigenvalue weighted by Gasteiger charge is 2.26. The Kier molecular flexibility index (Phi) is 9.20. The van der Waals surface area contributed by atoms with E-state index in [2.05, 4.69) is 37.9 Å². The number of aliphatic hydroxyl groups is 1. The van der Waals surface area contributed by atoms with Gasteiger partial charge in [-0.3, -0.25) is 9.59 Å². The van der Waals surface area contributed by atoms with Crippen LogP contribution in [0.25, 0.3) is 0 Å². The van der Waals surface area contributed by atoms with Gasteiger partial charge < -0.3 is 5.11 Å². The van der Waals surface area contributed by atoms with Gasteiger partial charge in [-0.25, -0.2) is 4.99 Å². The SMILES string of the molecule is CC(=O)C(O)C=NC(=O)/C=C(C)/C=C/C=C(C)/C=C/C1=C(C)CCCC1(C)C. The summed E-state index contributed by atoms with van der Waals surface area (Å²) in [5.74, 6) is -0.960. The number of Topliss-reactive ketones (excluding diaryl/α,β-unsaturated/α-hetero) is 1. The van der Waals surface area contributed by atoms with E-state index in [1.54, 1.807) is 6.92 Å². The van der Waals surface area contributed by atoms with Crippen LogP contribution in [0.4, 0.5) is 0 Å². The molecule has 0 saturated carbocycles. The average Bonchev–Trinajstić information content (AvgIpc) is 2.58. The van der Waals surface area contributed by atoms with Crippen LogP contribution >= 0.6 is 0 Å². The van der Waals surface area contributed by atoms with Crippen molar-refractivity contribution in [3.63, 3.8) is 0 Å². The van der Waals surface area contributed by atoms with E-state index in [4.69, 9.17) is 0 Å². The molecule has 1 N–H and O–H groups in total. The molecule has 1 aliphatic rings. The van der Waals surface area contributed by atoms with Crippen molar-refractivity contribution in [1.82, 2.24) is 0 Å². The number of allylic oxidation sites excluding steroid dienone is 9. The molecule has 152 valence electrons. The number of aliphatic hydroxyl groups excluding tert-OH is 1. The molecule has 0 radical (unpaired) electrons. The molecule has 0 saturated heterocycles. The van der Waals surface area contributed by atoms with Crippen LogP contribution < -0.4 is 0 Å². The third-order valence-electron chi connectivity index (χ3n) is 4.88. The first-order valence-corrected chi connectivity index (χ1v) is 9.71. The second kappa shape index (κ2) is 10.9. The zero-order valence-corrected chi connectivity index (χ0v) is 18.0. The normalized spacial score (nSPS) is 19.8. The van der Waals surface area contributed by atoms with Crippen molar-refractivity contribution in [2.24, 2.45) is 10.4 Å². The molecule has 0 spiro atoms. The fourth-order valence-corrected chi connectivity index (χ4v) is 3.16. The van der Waals surface area contributed by atoms with E-state index < -0.39 is 17.8 Å². The number of aliphatic imine (C=N–C) groups is 1.